The molecule has 196 valence electrons. The van der Waals surface area contributed by atoms with Gasteiger partial charge in [0.05, 0.1) is 26.9 Å². The maximum atomic E-state index is 13.3. The summed E-state index contributed by atoms with van der Waals surface area (Å²) in [7, 11) is 6.50. The van der Waals surface area contributed by atoms with E-state index in [1.54, 1.807) is 14.2 Å². The number of amides is 2. The second-order valence-corrected chi connectivity index (χ2v) is 9.45. The lowest BCUT2D eigenvalue weighted by molar-refractivity contribution is -0.138. The van der Waals surface area contributed by atoms with E-state index < -0.39 is 17.8 Å². The van der Waals surface area contributed by atoms with Crippen LogP contribution in [0.4, 0.5) is 23.7 Å². The van der Waals surface area contributed by atoms with Crippen molar-refractivity contribution in [2.24, 2.45) is 0 Å². The van der Waals surface area contributed by atoms with Gasteiger partial charge in [0.2, 0.25) is 0 Å². The van der Waals surface area contributed by atoms with Crippen LogP contribution < -0.4 is 24.8 Å². The van der Waals surface area contributed by atoms with E-state index in [0.29, 0.717) is 11.5 Å². The topological polar surface area (TPSA) is 72.1 Å². The zero-order chi connectivity index (χ0) is 26.1. The minimum atomic E-state index is -4.59. The highest BCUT2D eigenvalue weighted by molar-refractivity contribution is 5.89. The number of hydrogen-bond acceptors (Lipinski definition) is 5. The average Bonchev–Trinajstić information content (AvgIpc) is 3.19. The van der Waals surface area contributed by atoms with Crippen LogP contribution in [0.1, 0.15) is 36.8 Å². The molecule has 2 aromatic carbocycles. The molecule has 2 fully saturated rings. The first-order valence-electron chi connectivity index (χ1n) is 11.9. The van der Waals surface area contributed by atoms with Crippen LogP contribution >= 0.6 is 0 Å². The number of methoxy groups -OCH3 is 3. The molecule has 2 amide bonds. The molecule has 0 spiro atoms. The van der Waals surface area contributed by atoms with Gasteiger partial charge in [0.1, 0.15) is 5.75 Å². The van der Waals surface area contributed by atoms with Gasteiger partial charge in [-0.2, -0.15) is 13.2 Å². The summed E-state index contributed by atoms with van der Waals surface area (Å²) in [5.74, 6) is 1.08. The molecule has 4 rings (SSSR count). The van der Waals surface area contributed by atoms with Gasteiger partial charge < -0.3 is 29.7 Å². The lowest BCUT2D eigenvalue weighted by Crippen LogP contribution is -2.52. The van der Waals surface area contributed by atoms with Crippen LogP contribution in [0.2, 0.25) is 0 Å². The summed E-state index contributed by atoms with van der Waals surface area (Å²) < 4.78 is 55.7. The fourth-order valence-corrected chi connectivity index (χ4v) is 5.75. The number of carbonyl (C=O) groups is 1. The lowest BCUT2D eigenvalue weighted by Gasteiger charge is -2.45. The summed E-state index contributed by atoms with van der Waals surface area (Å²) in [4.78, 5) is 15.0. The van der Waals surface area contributed by atoms with E-state index >= 15 is 0 Å². The minimum Gasteiger partial charge on any atom is -0.496 e. The van der Waals surface area contributed by atoms with Gasteiger partial charge in [-0.1, -0.05) is 6.07 Å². The van der Waals surface area contributed by atoms with Crippen LogP contribution in [-0.4, -0.2) is 57.9 Å². The number of carbonyl (C=O) groups excluding carboxylic acids is 1. The van der Waals surface area contributed by atoms with Crippen LogP contribution in [0.3, 0.4) is 0 Å². The van der Waals surface area contributed by atoms with Crippen molar-refractivity contribution in [3.63, 3.8) is 0 Å². The van der Waals surface area contributed by atoms with Crippen molar-refractivity contribution in [1.29, 1.82) is 0 Å². The first-order chi connectivity index (χ1) is 17.1. The maximum absolute atomic E-state index is 13.3. The van der Waals surface area contributed by atoms with Crippen LogP contribution in [-0.2, 0) is 11.6 Å². The summed E-state index contributed by atoms with van der Waals surface area (Å²) in [6, 6.07) is 9.11. The number of likely N-dealkylation sites (tertiary alicyclic amines) is 1. The Hall–Kier alpha value is -3.14. The van der Waals surface area contributed by atoms with E-state index in [-0.39, 0.29) is 28.9 Å². The quantitative estimate of drug-likeness (QED) is 0.573. The molecule has 1 aliphatic heterocycles. The van der Waals surface area contributed by atoms with Crippen molar-refractivity contribution in [2.45, 2.75) is 49.4 Å². The second-order valence-electron chi connectivity index (χ2n) is 9.45. The first kappa shape index (κ1) is 25.9. The summed E-state index contributed by atoms with van der Waals surface area (Å²) in [5.41, 5.74) is 0.234. The van der Waals surface area contributed by atoms with E-state index in [1.165, 1.54) is 24.8 Å². The molecule has 3 unspecified atom stereocenters. The van der Waals surface area contributed by atoms with Crippen molar-refractivity contribution >= 4 is 11.7 Å². The van der Waals surface area contributed by atoms with Crippen LogP contribution in [0.15, 0.2) is 36.4 Å². The molecule has 0 aromatic heterocycles. The molecule has 0 bridgehead atoms. The molecule has 1 saturated carbocycles. The SMILES string of the molecule is COc1ccc(C23CCC(NC(=O)Nc4ccc(OC)c(C(F)(F)F)c4)CC2N(C)CC3)cc1OC. The average molecular weight is 508 g/mol. The summed E-state index contributed by atoms with van der Waals surface area (Å²) in [6.45, 7) is 0.935. The zero-order valence-corrected chi connectivity index (χ0v) is 20.9. The zero-order valence-electron chi connectivity index (χ0n) is 20.9. The third kappa shape index (κ3) is 4.91. The molecular formula is C26H32F3N3O4. The highest BCUT2D eigenvalue weighted by Gasteiger charge is 2.50. The molecule has 1 heterocycles. The Bertz CT molecular complexity index is 1110. The number of rotatable bonds is 6. The maximum Gasteiger partial charge on any atom is 0.420 e. The predicted molar refractivity (Wildman–Crippen MR) is 130 cm³/mol. The Balaban J connectivity index is 1.47. The summed E-state index contributed by atoms with van der Waals surface area (Å²) in [5, 5.41) is 5.51. The van der Waals surface area contributed by atoms with Gasteiger partial charge in [-0.05, 0) is 75.2 Å². The Labute approximate surface area is 208 Å². The molecule has 10 heteroatoms. The molecule has 36 heavy (non-hydrogen) atoms. The number of ether oxygens (including phenoxy) is 3. The molecule has 1 aliphatic carbocycles. The van der Waals surface area contributed by atoms with E-state index in [4.69, 9.17) is 14.2 Å². The molecule has 1 saturated heterocycles. The van der Waals surface area contributed by atoms with Crippen molar-refractivity contribution in [3.8, 4) is 17.2 Å². The van der Waals surface area contributed by atoms with Crippen LogP contribution in [0.5, 0.6) is 17.2 Å². The summed E-state index contributed by atoms with van der Waals surface area (Å²) in [6.07, 6.45) is -1.25. The fraction of sp³-hybridized carbons (Fsp3) is 0.500. The number of benzene rings is 2. The van der Waals surface area contributed by atoms with Gasteiger partial charge in [0, 0.05) is 23.2 Å². The first-order valence-corrected chi connectivity index (χ1v) is 11.9. The minimum absolute atomic E-state index is 0.0501. The van der Waals surface area contributed by atoms with Crippen molar-refractivity contribution in [3.05, 3.63) is 47.5 Å². The highest BCUT2D eigenvalue weighted by atomic mass is 19.4. The number of nitrogens with one attached hydrogen (secondary N) is 2. The molecule has 2 N–H and O–H groups in total. The van der Waals surface area contributed by atoms with Crippen LogP contribution in [0, 0.1) is 0 Å². The van der Waals surface area contributed by atoms with E-state index in [2.05, 4.69) is 28.6 Å². The Morgan fingerprint density at radius 3 is 2.36 bits per heavy atom. The monoisotopic (exact) mass is 507 g/mol. The standard InChI is InChI=1S/C26H32F3N3O4/c1-32-12-11-25(16-5-7-21(35-3)22(13-16)36-4)10-9-18(15-23(25)32)31-24(33)30-17-6-8-20(34-2)19(14-17)26(27,28)29/h5-8,13-14,18,23H,9-12,15H2,1-4H3,(H2,30,31,33). The molecular weight excluding hydrogens is 475 g/mol. The lowest BCUT2D eigenvalue weighted by atomic mass is 9.65. The normalized spacial score (nSPS) is 24.1. The fourth-order valence-electron chi connectivity index (χ4n) is 5.75. The number of urea groups is 1. The molecule has 2 aliphatic rings. The number of alkyl halides is 3. The van der Waals surface area contributed by atoms with Crippen molar-refractivity contribution < 1.29 is 32.2 Å². The van der Waals surface area contributed by atoms with E-state index in [0.717, 1.165) is 38.3 Å². The van der Waals surface area contributed by atoms with E-state index in [9.17, 15) is 18.0 Å². The second kappa shape index (κ2) is 10.1. The molecule has 3 atom stereocenters. The smallest absolute Gasteiger partial charge is 0.420 e. The van der Waals surface area contributed by atoms with Gasteiger partial charge in [0.15, 0.2) is 11.5 Å². The summed E-state index contributed by atoms with van der Waals surface area (Å²) >= 11 is 0. The Morgan fingerprint density at radius 2 is 1.69 bits per heavy atom. The number of hydrogen-bond donors (Lipinski definition) is 2. The van der Waals surface area contributed by atoms with Gasteiger partial charge in [-0.25, -0.2) is 4.79 Å². The highest BCUT2D eigenvalue weighted by Crippen LogP contribution is 2.50. The van der Waals surface area contributed by atoms with Crippen molar-refractivity contribution in [2.75, 3.05) is 40.2 Å². The van der Waals surface area contributed by atoms with Crippen LogP contribution in [0.25, 0.3) is 0 Å². The van der Waals surface area contributed by atoms with Gasteiger partial charge in [-0.15, -0.1) is 0 Å². The predicted octanol–water partition coefficient (Wildman–Crippen LogP) is 5.05. The Kier molecular flexibility index (Phi) is 7.26. The third-order valence-corrected chi connectivity index (χ3v) is 7.58. The molecule has 2 aromatic rings. The number of halogens is 3. The number of nitrogens with zero attached hydrogens (tertiary/aromatic N) is 1. The van der Waals surface area contributed by atoms with Gasteiger partial charge >= 0.3 is 12.2 Å². The molecule has 7 nitrogen and oxygen atoms in total. The largest absolute Gasteiger partial charge is 0.496 e. The van der Waals surface area contributed by atoms with Gasteiger partial charge in [0.25, 0.3) is 0 Å². The third-order valence-electron chi connectivity index (χ3n) is 7.58. The molecule has 0 radical (unpaired) electrons. The van der Waals surface area contributed by atoms with Gasteiger partial charge in [-0.3, -0.25) is 0 Å². The van der Waals surface area contributed by atoms with Crippen molar-refractivity contribution in [1.82, 2.24) is 10.2 Å². The Morgan fingerprint density at radius 1 is 1.00 bits per heavy atom. The number of anilines is 1. The van der Waals surface area contributed by atoms with E-state index in [1.807, 2.05) is 12.1 Å². The number of fused-ring (bicyclic) bond motifs is 1. The number of likely N-dealkylation sites (N-methyl/N-ethyl adjacent to an activating group) is 1.